The molecule has 7 heteroatoms. The van der Waals surface area contributed by atoms with Crippen molar-refractivity contribution in [3.63, 3.8) is 0 Å². The molecule has 3 heterocycles. The van der Waals surface area contributed by atoms with Gasteiger partial charge in [0.25, 0.3) is 5.91 Å². The quantitative estimate of drug-likeness (QED) is 0.706. The number of amides is 1. The normalized spacial score (nSPS) is 17.7. The van der Waals surface area contributed by atoms with Crippen LogP contribution in [0.5, 0.6) is 0 Å². The molecule has 3 N–H and O–H groups in total. The highest BCUT2D eigenvalue weighted by Gasteiger charge is 2.30. The number of carbonyl (C=O) groups excluding carboxylic acids is 1. The van der Waals surface area contributed by atoms with Crippen LogP contribution in [0, 0.1) is 12.3 Å². The Morgan fingerprint density at radius 1 is 1.26 bits per heavy atom. The van der Waals surface area contributed by atoms with Crippen LogP contribution in [0.25, 0.3) is 11.6 Å². The maximum atomic E-state index is 12.0. The molecular weight excluding hydrogens is 244 g/mol. The Kier molecular flexibility index (Phi) is 2.44. The third kappa shape index (κ3) is 2.11. The highest BCUT2D eigenvalue weighted by atomic mass is 16.1. The first-order valence-electron chi connectivity index (χ1n) is 6.21. The second-order valence-electron chi connectivity index (χ2n) is 5.68. The van der Waals surface area contributed by atoms with E-state index in [1.54, 1.807) is 0 Å². The molecule has 0 atom stereocenters. The van der Waals surface area contributed by atoms with Crippen molar-refractivity contribution in [1.29, 1.82) is 0 Å². The van der Waals surface area contributed by atoms with Crippen LogP contribution in [0.1, 0.15) is 35.9 Å². The predicted molar refractivity (Wildman–Crippen MR) is 68.5 cm³/mol. The summed E-state index contributed by atoms with van der Waals surface area (Å²) in [4.78, 5) is 23.7. The van der Waals surface area contributed by atoms with Crippen LogP contribution in [0.15, 0.2) is 0 Å². The van der Waals surface area contributed by atoms with Gasteiger partial charge in [0.2, 0.25) is 5.82 Å². The lowest BCUT2D eigenvalue weighted by molar-refractivity contribution is 0.0940. The maximum absolute atomic E-state index is 12.0. The van der Waals surface area contributed by atoms with Gasteiger partial charge in [0.1, 0.15) is 11.5 Å². The average molecular weight is 260 g/mol. The zero-order valence-corrected chi connectivity index (χ0v) is 11.2. The van der Waals surface area contributed by atoms with Crippen molar-refractivity contribution in [3.8, 4) is 11.6 Å². The summed E-state index contributed by atoms with van der Waals surface area (Å²) < 4.78 is 0. The molecule has 19 heavy (non-hydrogen) atoms. The topological polar surface area (TPSA) is 99.3 Å². The van der Waals surface area contributed by atoms with Crippen molar-refractivity contribution >= 4 is 5.91 Å². The SMILES string of the molecule is Cc1nc(-c2nc3c([nH]2)CC(C)(C)CNC3=O)n[nH]1. The van der Waals surface area contributed by atoms with Crippen LogP contribution in [0.4, 0.5) is 0 Å². The third-order valence-electron chi connectivity index (χ3n) is 3.19. The molecule has 0 unspecified atom stereocenters. The number of fused-ring (bicyclic) bond motifs is 1. The van der Waals surface area contributed by atoms with E-state index in [1.807, 2.05) is 6.92 Å². The van der Waals surface area contributed by atoms with Gasteiger partial charge in [0.15, 0.2) is 5.82 Å². The molecule has 0 spiro atoms. The Morgan fingerprint density at radius 3 is 2.74 bits per heavy atom. The fraction of sp³-hybridized carbons (Fsp3) is 0.500. The largest absolute Gasteiger partial charge is 0.350 e. The van der Waals surface area contributed by atoms with Crippen molar-refractivity contribution < 1.29 is 4.79 Å². The fourth-order valence-electron chi connectivity index (χ4n) is 2.22. The summed E-state index contributed by atoms with van der Waals surface area (Å²) in [5, 5.41) is 9.71. The summed E-state index contributed by atoms with van der Waals surface area (Å²) in [5.41, 5.74) is 1.29. The van der Waals surface area contributed by atoms with Gasteiger partial charge in [-0.3, -0.25) is 9.89 Å². The van der Waals surface area contributed by atoms with Crippen molar-refractivity contribution in [3.05, 3.63) is 17.2 Å². The number of imidazole rings is 1. The second kappa shape index (κ2) is 3.91. The van der Waals surface area contributed by atoms with E-state index < -0.39 is 0 Å². The van der Waals surface area contributed by atoms with Gasteiger partial charge in [0.05, 0.1) is 0 Å². The van der Waals surface area contributed by atoms with Gasteiger partial charge >= 0.3 is 0 Å². The molecule has 0 fully saturated rings. The van der Waals surface area contributed by atoms with Gasteiger partial charge in [-0.2, -0.15) is 5.10 Å². The van der Waals surface area contributed by atoms with Gasteiger partial charge in [-0.05, 0) is 18.8 Å². The van der Waals surface area contributed by atoms with E-state index in [0.29, 0.717) is 29.7 Å². The minimum Gasteiger partial charge on any atom is -0.350 e. The molecule has 2 aromatic heterocycles. The highest BCUT2D eigenvalue weighted by molar-refractivity contribution is 5.94. The molecule has 0 aliphatic carbocycles. The van der Waals surface area contributed by atoms with Crippen molar-refractivity contribution in [2.75, 3.05) is 6.54 Å². The zero-order valence-electron chi connectivity index (χ0n) is 11.2. The zero-order chi connectivity index (χ0) is 13.6. The first-order chi connectivity index (χ1) is 8.94. The standard InChI is InChI=1S/C12H16N6O/c1-6-14-10(18-17-6)9-15-7-4-12(2,3)5-13-11(19)8(7)16-9/h4-5H2,1-3H3,(H,13,19)(H,15,16)(H,14,17,18). The van der Waals surface area contributed by atoms with E-state index in [9.17, 15) is 4.79 Å². The molecule has 7 nitrogen and oxygen atoms in total. The summed E-state index contributed by atoms with van der Waals surface area (Å²) in [6.45, 7) is 6.69. The Hall–Kier alpha value is -2.18. The predicted octanol–water partition coefficient (Wildman–Crippen LogP) is 0.815. The van der Waals surface area contributed by atoms with Crippen molar-refractivity contribution in [2.24, 2.45) is 5.41 Å². The highest BCUT2D eigenvalue weighted by Crippen LogP contribution is 2.26. The number of nitrogens with one attached hydrogen (secondary N) is 3. The molecule has 0 saturated carbocycles. The molecule has 2 aromatic rings. The number of hydrogen-bond donors (Lipinski definition) is 3. The Morgan fingerprint density at radius 2 is 2.05 bits per heavy atom. The lowest BCUT2D eigenvalue weighted by atomic mass is 9.88. The van der Waals surface area contributed by atoms with E-state index in [1.165, 1.54) is 0 Å². The smallest absolute Gasteiger partial charge is 0.271 e. The first kappa shape index (κ1) is 11.9. The number of aryl methyl sites for hydroxylation is 1. The van der Waals surface area contributed by atoms with Crippen LogP contribution < -0.4 is 5.32 Å². The lowest BCUT2D eigenvalue weighted by Crippen LogP contribution is -2.32. The second-order valence-corrected chi connectivity index (χ2v) is 5.68. The lowest BCUT2D eigenvalue weighted by Gasteiger charge is -2.21. The fourth-order valence-corrected chi connectivity index (χ4v) is 2.22. The van der Waals surface area contributed by atoms with Crippen LogP contribution >= 0.6 is 0 Å². The monoisotopic (exact) mass is 260 g/mol. The molecule has 0 saturated heterocycles. The molecule has 1 amide bonds. The van der Waals surface area contributed by atoms with E-state index >= 15 is 0 Å². The van der Waals surface area contributed by atoms with Gasteiger partial charge in [-0.15, -0.1) is 0 Å². The van der Waals surface area contributed by atoms with Crippen molar-refractivity contribution in [1.82, 2.24) is 30.5 Å². The number of aromatic nitrogens is 5. The molecule has 1 aliphatic heterocycles. The number of aromatic amines is 2. The number of hydrogen-bond acceptors (Lipinski definition) is 4. The number of H-pyrrole nitrogens is 2. The Labute approximate surface area is 110 Å². The Bertz CT molecular complexity index is 638. The molecule has 3 rings (SSSR count). The third-order valence-corrected chi connectivity index (χ3v) is 3.19. The summed E-state index contributed by atoms with van der Waals surface area (Å²) in [7, 11) is 0. The Balaban J connectivity index is 2.05. The van der Waals surface area contributed by atoms with Crippen LogP contribution in [-0.2, 0) is 6.42 Å². The molecule has 100 valence electrons. The summed E-state index contributed by atoms with van der Waals surface area (Å²) in [5.74, 6) is 1.58. The summed E-state index contributed by atoms with van der Waals surface area (Å²) in [6, 6.07) is 0. The average Bonchev–Trinajstić information content (AvgIpc) is 2.90. The van der Waals surface area contributed by atoms with Gasteiger partial charge in [0, 0.05) is 12.2 Å². The summed E-state index contributed by atoms with van der Waals surface area (Å²) in [6.07, 6.45) is 0.761. The van der Waals surface area contributed by atoms with Crippen LogP contribution in [0.2, 0.25) is 0 Å². The number of rotatable bonds is 1. The molecule has 0 bridgehead atoms. The number of nitrogens with zero attached hydrogens (tertiary/aromatic N) is 3. The van der Waals surface area contributed by atoms with Gasteiger partial charge < -0.3 is 10.3 Å². The minimum absolute atomic E-state index is 0.000364. The molecule has 0 radical (unpaired) electrons. The first-order valence-corrected chi connectivity index (χ1v) is 6.21. The van der Waals surface area contributed by atoms with Crippen LogP contribution in [-0.4, -0.2) is 37.6 Å². The molecule has 0 aromatic carbocycles. The van der Waals surface area contributed by atoms with Gasteiger partial charge in [-0.1, -0.05) is 13.8 Å². The van der Waals surface area contributed by atoms with E-state index in [2.05, 4.69) is 44.3 Å². The van der Waals surface area contributed by atoms with E-state index in [4.69, 9.17) is 0 Å². The van der Waals surface area contributed by atoms with Crippen molar-refractivity contribution in [2.45, 2.75) is 27.2 Å². The summed E-state index contributed by atoms with van der Waals surface area (Å²) >= 11 is 0. The minimum atomic E-state index is -0.143. The van der Waals surface area contributed by atoms with Gasteiger partial charge in [-0.25, -0.2) is 9.97 Å². The molecule has 1 aliphatic rings. The van der Waals surface area contributed by atoms with E-state index in [-0.39, 0.29) is 11.3 Å². The maximum Gasteiger partial charge on any atom is 0.271 e. The number of carbonyl (C=O) groups is 1. The van der Waals surface area contributed by atoms with Crippen LogP contribution in [0.3, 0.4) is 0 Å². The molecular formula is C12H16N6O. The van der Waals surface area contributed by atoms with E-state index in [0.717, 1.165) is 12.1 Å².